The van der Waals surface area contributed by atoms with Crippen molar-refractivity contribution in [1.29, 1.82) is 0 Å². The molecule has 6 nitrogen and oxygen atoms in total. The van der Waals surface area contributed by atoms with Crippen LogP contribution in [-0.2, 0) is 19.2 Å². The minimum atomic E-state index is -1.37. The monoisotopic (exact) mass is 493 g/mol. The number of hydroxylamine groups is 1. The number of halogens is 1. The number of nitrogens with zero attached hydrogens (tertiary/aromatic N) is 1. The molecule has 4 aliphatic rings. The second-order valence-corrected chi connectivity index (χ2v) is 11.0. The molecule has 0 bridgehead atoms. The standard InChI is InChI=1S/C28H28ClNO5/c1-17-8-13-21-24(26(2)23(31)14-15-28(17,26)33)34-25(32)27(21)16-22(18-9-11-19(29)12-10-18)30(35-27)20-6-4-3-5-7-20/h3-7,9-12,14-15,17,21-22,24,33H,8,13,16H2,1-2H3/t17-,21+,22?,24+,26-,27?,28+/m0/s1. The van der Waals surface area contributed by atoms with Crippen molar-refractivity contribution in [2.24, 2.45) is 17.3 Å². The first-order chi connectivity index (χ1) is 16.7. The van der Waals surface area contributed by atoms with Gasteiger partial charge in [-0.05, 0) is 67.7 Å². The minimum absolute atomic E-state index is 0.171. The number of hydrogen-bond acceptors (Lipinski definition) is 6. The Bertz CT molecular complexity index is 1220. The Labute approximate surface area is 209 Å². The fourth-order valence-electron chi connectivity index (χ4n) is 6.77. The van der Waals surface area contributed by atoms with E-state index >= 15 is 0 Å². The minimum Gasteiger partial charge on any atom is -0.459 e. The summed E-state index contributed by atoms with van der Waals surface area (Å²) in [7, 11) is 0. The zero-order valence-corrected chi connectivity index (χ0v) is 20.4. The second-order valence-electron chi connectivity index (χ2n) is 10.5. The van der Waals surface area contributed by atoms with Gasteiger partial charge < -0.3 is 9.84 Å². The Morgan fingerprint density at radius 1 is 1.06 bits per heavy atom. The third-order valence-electron chi connectivity index (χ3n) is 8.91. The molecule has 0 aromatic heterocycles. The number of para-hydroxylation sites is 1. The van der Waals surface area contributed by atoms with Gasteiger partial charge in [-0.2, -0.15) is 0 Å². The Balaban J connectivity index is 1.46. The van der Waals surface area contributed by atoms with E-state index in [-0.39, 0.29) is 23.7 Å². The van der Waals surface area contributed by atoms with E-state index in [4.69, 9.17) is 21.2 Å². The summed E-state index contributed by atoms with van der Waals surface area (Å²) in [6, 6.07) is 17.0. The fraction of sp³-hybridized carbons (Fsp3) is 0.429. The molecule has 2 aliphatic heterocycles. The van der Waals surface area contributed by atoms with Crippen molar-refractivity contribution in [3.8, 4) is 0 Å². The van der Waals surface area contributed by atoms with Crippen LogP contribution in [0.5, 0.6) is 0 Å². The SMILES string of the molecule is C[C@H]1CC[C@@H]2[C@@H](OC(=O)C23CC(c2ccc(Cl)cc2)N(c2ccccc2)O3)[C@]2(C)C(=O)C=C[C@@]12O. The van der Waals surface area contributed by atoms with Crippen molar-refractivity contribution in [3.63, 3.8) is 0 Å². The fourth-order valence-corrected chi connectivity index (χ4v) is 6.90. The predicted octanol–water partition coefficient (Wildman–Crippen LogP) is 4.81. The number of rotatable bonds is 2. The molecule has 0 radical (unpaired) electrons. The third kappa shape index (κ3) is 2.97. The topological polar surface area (TPSA) is 76.1 Å². The van der Waals surface area contributed by atoms with Crippen LogP contribution in [0.1, 0.15) is 44.7 Å². The molecular formula is C28H28ClNO5. The second kappa shape index (κ2) is 7.66. The van der Waals surface area contributed by atoms with Crippen molar-refractivity contribution in [1.82, 2.24) is 0 Å². The summed E-state index contributed by atoms with van der Waals surface area (Å²) in [4.78, 5) is 33.5. The van der Waals surface area contributed by atoms with Crippen LogP contribution in [0.2, 0.25) is 5.02 Å². The van der Waals surface area contributed by atoms with Crippen molar-refractivity contribution in [2.75, 3.05) is 5.06 Å². The molecule has 6 rings (SSSR count). The van der Waals surface area contributed by atoms with Crippen molar-refractivity contribution < 1.29 is 24.3 Å². The van der Waals surface area contributed by atoms with Crippen LogP contribution < -0.4 is 5.06 Å². The molecule has 1 saturated carbocycles. The van der Waals surface area contributed by atoms with Gasteiger partial charge in [-0.25, -0.2) is 9.86 Å². The molecule has 2 aliphatic carbocycles. The van der Waals surface area contributed by atoms with Gasteiger partial charge in [-0.15, -0.1) is 0 Å². The van der Waals surface area contributed by atoms with Gasteiger partial charge in [0.05, 0.1) is 17.1 Å². The molecule has 35 heavy (non-hydrogen) atoms. The molecule has 1 spiro atoms. The molecule has 182 valence electrons. The first kappa shape index (κ1) is 22.8. The Hall–Kier alpha value is -2.67. The number of ether oxygens (including phenoxy) is 1. The Kier molecular flexibility index (Phi) is 4.99. The quantitative estimate of drug-likeness (QED) is 0.605. The van der Waals surface area contributed by atoms with Crippen molar-refractivity contribution in [3.05, 3.63) is 77.3 Å². The summed E-state index contributed by atoms with van der Waals surface area (Å²) in [5.41, 5.74) is -2.10. The number of anilines is 1. The summed E-state index contributed by atoms with van der Waals surface area (Å²) in [5, 5.41) is 14.1. The van der Waals surface area contributed by atoms with E-state index in [1.165, 1.54) is 6.08 Å². The number of ketones is 1. The summed E-state index contributed by atoms with van der Waals surface area (Å²) in [6.07, 6.45) is 3.88. The van der Waals surface area contributed by atoms with E-state index in [9.17, 15) is 14.7 Å². The summed E-state index contributed by atoms with van der Waals surface area (Å²) in [5.74, 6) is -1.23. The van der Waals surface area contributed by atoms with E-state index in [0.29, 0.717) is 24.3 Å². The summed E-state index contributed by atoms with van der Waals surface area (Å²) in [6.45, 7) is 3.70. The van der Waals surface area contributed by atoms with Crippen LogP contribution in [0, 0.1) is 17.3 Å². The lowest BCUT2D eigenvalue weighted by Crippen LogP contribution is -2.57. The number of esters is 1. The van der Waals surface area contributed by atoms with E-state index in [2.05, 4.69) is 0 Å². The number of hydrogen-bond donors (Lipinski definition) is 1. The van der Waals surface area contributed by atoms with E-state index in [1.54, 1.807) is 18.1 Å². The predicted molar refractivity (Wildman–Crippen MR) is 131 cm³/mol. The normalized spacial score (nSPS) is 40.1. The van der Waals surface area contributed by atoms with Gasteiger partial charge in [-0.1, -0.05) is 48.9 Å². The lowest BCUT2D eigenvalue weighted by atomic mass is 9.63. The van der Waals surface area contributed by atoms with Crippen LogP contribution in [0.3, 0.4) is 0 Å². The molecule has 7 atom stereocenters. The molecule has 1 N–H and O–H groups in total. The maximum absolute atomic E-state index is 13.7. The van der Waals surface area contributed by atoms with E-state index in [0.717, 1.165) is 11.3 Å². The highest BCUT2D eigenvalue weighted by Crippen LogP contribution is 2.61. The van der Waals surface area contributed by atoms with Gasteiger partial charge in [-0.3, -0.25) is 9.63 Å². The molecule has 2 heterocycles. The van der Waals surface area contributed by atoms with Gasteiger partial charge in [0.25, 0.3) is 0 Å². The highest BCUT2D eigenvalue weighted by Gasteiger charge is 2.74. The zero-order valence-electron chi connectivity index (χ0n) is 19.7. The van der Waals surface area contributed by atoms with Crippen molar-refractivity contribution >= 4 is 29.0 Å². The lowest BCUT2D eigenvalue weighted by molar-refractivity contribution is -0.169. The first-order valence-electron chi connectivity index (χ1n) is 12.2. The molecule has 0 amide bonds. The van der Waals surface area contributed by atoms with E-state index < -0.39 is 28.7 Å². The number of benzene rings is 2. The largest absolute Gasteiger partial charge is 0.459 e. The first-order valence-corrected chi connectivity index (χ1v) is 12.5. The lowest BCUT2D eigenvalue weighted by Gasteiger charge is -2.43. The van der Waals surface area contributed by atoms with Crippen LogP contribution in [0.4, 0.5) is 5.69 Å². The van der Waals surface area contributed by atoms with Crippen LogP contribution in [-0.4, -0.2) is 34.2 Å². The van der Waals surface area contributed by atoms with Crippen LogP contribution in [0.15, 0.2) is 66.7 Å². The highest BCUT2D eigenvalue weighted by molar-refractivity contribution is 6.30. The smallest absolute Gasteiger partial charge is 0.342 e. The van der Waals surface area contributed by atoms with Crippen molar-refractivity contribution in [2.45, 2.75) is 56.5 Å². The average Bonchev–Trinajstić information content (AvgIpc) is 3.45. The number of allylic oxidation sites excluding steroid dienone is 1. The van der Waals surface area contributed by atoms with Gasteiger partial charge in [0.1, 0.15) is 11.7 Å². The molecule has 7 heteroatoms. The number of fused-ring (bicyclic) bond motifs is 4. The molecular weight excluding hydrogens is 466 g/mol. The Morgan fingerprint density at radius 3 is 2.49 bits per heavy atom. The molecule has 2 saturated heterocycles. The Morgan fingerprint density at radius 2 is 1.77 bits per heavy atom. The zero-order chi connectivity index (χ0) is 24.6. The van der Waals surface area contributed by atoms with Crippen LogP contribution >= 0.6 is 11.6 Å². The van der Waals surface area contributed by atoms with Gasteiger partial charge in [0, 0.05) is 17.4 Å². The maximum Gasteiger partial charge on any atom is 0.342 e. The molecule has 2 unspecified atom stereocenters. The van der Waals surface area contributed by atoms with Gasteiger partial charge in [0.15, 0.2) is 5.78 Å². The van der Waals surface area contributed by atoms with E-state index in [1.807, 2.05) is 61.5 Å². The number of carbonyl (C=O) groups excluding carboxylic acids is 2. The summed E-state index contributed by atoms with van der Waals surface area (Å²) < 4.78 is 6.04. The molecule has 2 aromatic carbocycles. The number of carbonyl (C=O) groups is 2. The number of aliphatic hydroxyl groups is 1. The van der Waals surface area contributed by atoms with Gasteiger partial charge in [0.2, 0.25) is 5.60 Å². The van der Waals surface area contributed by atoms with Crippen LogP contribution in [0.25, 0.3) is 0 Å². The average molecular weight is 494 g/mol. The molecule has 2 aromatic rings. The van der Waals surface area contributed by atoms with Gasteiger partial charge >= 0.3 is 5.97 Å². The maximum atomic E-state index is 13.7. The third-order valence-corrected chi connectivity index (χ3v) is 9.17. The highest BCUT2D eigenvalue weighted by atomic mass is 35.5. The summed E-state index contributed by atoms with van der Waals surface area (Å²) >= 11 is 6.15. The molecule has 3 fully saturated rings.